The van der Waals surface area contributed by atoms with Gasteiger partial charge in [-0.3, -0.25) is 0 Å². The van der Waals surface area contributed by atoms with Crippen molar-refractivity contribution in [2.75, 3.05) is 0 Å². The van der Waals surface area contributed by atoms with Crippen molar-refractivity contribution in [1.29, 1.82) is 0 Å². The van der Waals surface area contributed by atoms with Gasteiger partial charge in [0.2, 0.25) is 0 Å². The van der Waals surface area contributed by atoms with Crippen LogP contribution in [0.2, 0.25) is 0 Å². The van der Waals surface area contributed by atoms with Crippen LogP contribution in [0.4, 0.5) is 0 Å². The Bertz CT molecular complexity index is 115. The summed E-state index contributed by atoms with van der Waals surface area (Å²) in [7, 11) is 0. The average molecular weight is 159 g/mol. The second-order valence-corrected chi connectivity index (χ2v) is 4.62. The van der Waals surface area contributed by atoms with Crippen molar-refractivity contribution in [3.8, 4) is 0 Å². The Morgan fingerprint density at radius 1 is 0.333 bits per heavy atom. The zero-order chi connectivity index (χ0) is 4.62. The minimum absolute atomic E-state index is 0. The smallest absolute Gasteiger partial charge is 0 e. The summed E-state index contributed by atoms with van der Waals surface area (Å²) in [5, 5.41) is 0. The molecule has 1 radical (unpaired) electrons. The summed E-state index contributed by atoms with van der Waals surface area (Å²) in [5.41, 5.74) is 0. The van der Waals surface area contributed by atoms with E-state index in [4.69, 9.17) is 0 Å². The quantitative estimate of drug-likeness (QED) is 0.462. The Morgan fingerprint density at radius 2 is 0.444 bits per heavy atom. The maximum atomic E-state index is 1.33. The van der Waals surface area contributed by atoms with E-state index in [0.717, 1.165) is 0 Å². The zero-order valence-corrected chi connectivity index (χ0v) is 6.18. The molecule has 0 aromatic carbocycles. The summed E-state index contributed by atoms with van der Waals surface area (Å²) in [5.74, 6) is 10.7. The minimum Gasteiger partial charge on any atom is -0.0312 e. The van der Waals surface area contributed by atoms with Crippen LogP contribution < -0.4 is 0 Å². The molecule has 0 atom stereocenters. The van der Waals surface area contributed by atoms with Crippen LogP contribution in [0.15, 0.2) is 0 Å². The molecule has 0 spiro atoms. The molecule has 6 aliphatic rings. The van der Waals surface area contributed by atoms with E-state index in [0.29, 0.717) is 0 Å². The molecule has 0 N–H and O–H groups in total. The summed E-state index contributed by atoms with van der Waals surface area (Å²) < 4.78 is 0. The van der Waals surface area contributed by atoms with E-state index >= 15 is 0 Å². The number of hydrogen-bond donors (Lipinski definition) is 0. The van der Waals surface area contributed by atoms with Gasteiger partial charge in [0.25, 0.3) is 0 Å². The van der Waals surface area contributed by atoms with Crippen molar-refractivity contribution < 1.29 is 17.1 Å². The molecule has 6 rings (SSSR count). The molecule has 0 bridgehead atoms. The summed E-state index contributed by atoms with van der Waals surface area (Å²) >= 11 is 0. The predicted molar refractivity (Wildman–Crippen MR) is 27.9 cm³/mol. The summed E-state index contributed by atoms with van der Waals surface area (Å²) in [6, 6.07) is 0. The Kier molecular flexibility index (Phi) is 0.392. The Labute approximate surface area is 64.9 Å². The summed E-state index contributed by atoms with van der Waals surface area (Å²) in [6.07, 6.45) is 0. The number of rotatable bonds is 0. The fourth-order valence-corrected chi connectivity index (χ4v) is 5.29. The van der Waals surface area contributed by atoms with Gasteiger partial charge in [-0.15, -0.1) is 0 Å². The van der Waals surface area contributed by atoms with E-state index < -0.39 is 0 Å². The number of hydrogen-bond acceptors (Lipinski definition) is 0. The summed E-state index contributed by atoms with van der Waals surface area (Å²) in [4.78, 5) is 0. The van der Waals surface area contributed by atoms with Crippen LogP contribution in [0.1, 0.15) is 0 Å². The molecule has 0 aromatic rings. The van der Waals surface area contributed by atoms with Crippen molar-refractivity contribution in [3.05, 3.63) is 0 Å². The molecule has 1 heteroatoms. The van der Waals surface area contributed by atoms with Crippen LogP contribution in [0.25, 0.3) is 0 Å². The van der Waals surface area contributed by atoms with Crippen LogP contribution in [0.3, 0.4) is 0 Å². The van der Waals surface area contributed by atoms with Gasteiger partial charge in [-0.25, -0.2) is 0 Å². The second kappa shape index (κ2) is 0.801. The molecule has 0 saturated heterocycles. The van der Waals surface area contributed by atoms with E-state index in [-0.39, 0.29) is 17.1 Å². The molecule has 0 aromatic heterocycles. The van der Waals surface area contributed by atoms with Crippen LogP contribution in [0.5, 0.6) is 0 Å². The first-order valence-electron chi connectivity index (χ1n) is 4.00. The van der Waals surface area contributed by atoms with E-state index in [1.54, 1.807) is 0 Å². The first-order valence-corrected chi connectivity index (χ1v) is 4.00. The third-order valence-electron chi connectivity index (χ3n) is 5.33. The molecule has 6 saturated carbocycles. The predicted octanol–water partition coefficient (Wildman–Crippen LogP) is 0.982. The van der Waals surface area contributed by atoms with Gasteiger partial charge < -0.3 is 0 Å². The first kappa shape index (κ1) is 4.41. The Hall–Kier alpha value is 0.519. The van der Waals surface area contributed by atoms with Crippen LogP contribution in [-0.4, -0.2) is 0 Å². The SMILES string of the molecule is C12C3C4C1C1C2C3C41.[Mn]. The van der Waals surface area contributed by atoms with Gasteiger partial charge in [0.1, 0.15) is 0 Å². The fraction of sp³-hybridized carbons (Fsp3) is 1.00. The molecule has 0 nitrogen and oxygen atoms in total. The van der Waals surface area contributed by atoms with Gasteiger partial charge in [-0.1, -0.05) is 0 Å². The van der Waals surface area contributed by atoms with Crippen molar-refractivity contribution in [2.24, 2.45) is 47.3 Å². The molecule has 9 heavy (non-hydrogen) atoms. The maximum Gasteiger partial charge on any atom is 0 e. The normalized spacial score (nSPS) is 96.0. The van der Waals surface area contributed by atoms with Gasteiger partial charge in [0.15, 0.2) is 0 Å². The largest absolute Gasteiger partial charge is 0.0312 e. The van der Waals surface area contributed by atoms with Gasteiger partial charge >= 0.3 is 0 Å². The molecular weight excluding hydrogens is 151 g/mol. The fourth-order valence-electron chi connectivity index (χ4n) is 5.29. The first-order chi connectivity index (χ1) is 4.00. The van der Waals surface area contributed by atoms with Crippen molar-refractivity contribution in [2.45, 2.75) is 0 Å². The maximum absolute atomic E-state index is 1.33. The van der Waals surface area contributed by atoms with Gasteiger partial charge in [-0.2, -0.15) is 0 Å². The van der Waals surface area contributed by atoms with Crippen LogP contribution >= 0.6 is 0 Å². The van der Waals surface area contributed by atoms with E-state index in [1.807, 2.05) is 0 Å². The Balaban J connectivity index is 0.000000288. The van der Waals surface area contributed by atoms with Gasteiger partial charge in [-0.05, 0) is 47.3 Å². The third-order valence-corrected chi connectivity index (χ3v) is 5.33. The van der Waals surface area contributed by atoms with Crippen LogP contribution in [0, 0.1) is 47.3 Å². The van der Waals surface area contributed by atoms with Gasteiger partial charge in [0, 0.05) is 17.1 Å². The monoisotopic (exact) mass is 159 g/mol. The molecule has 0 unspecified atom stereocenters. The molecule has 6 fully saturated rings. The Morgan fingerprint density at radius 3 is 0.556 bits per heavy atom. The second-order valence-electron chi connectivity index (χ2n) is 4.62. The summed E-state index contributed by atoms with van der Waals surface area (Å²) in [6.45, 7) is 0. The standard InChI is InChI=1S/C8H8.Mn/c1-2-5-3(1)7-4(1)6(2)8(5)7;/h1-8H;. The molecule has 47 valence electrons. The van der Waals surface area contributed by atoms with E-state index in [1.165, 1.54) is 47.3 Å². The van der Waals surface area contributed by atoms with Crippen molar-refractivity contribution >= 4 is 0 Å². The third kappa shape index (κ3) is 0.154. The molecule has 0 aliphatic heterocycles. The molecular formula is C8H8Mn. The van der Waals surface area contributed by atoms with E-state index in [9.17, 15) is 0 Å². The van der Waals surface area contributed by atoms with Crippen molar-refractivity contribution in [1.82, 2.24) is 0 Å². The zero-order valence-electron chi connectivity index (χ0n) is 5.00. The van der Waals surface area contributed by atoms with Gasteiger partial charge in [0.05, 0.1) is 0 Å². The van der Waals surface area contributed by atoms with Crippen LogP contribution in [-0.2, 0) is 17.1 Å². The van der Waals surface area contributed by atoms with Crippen molar-refractivity contribution in [3.63, 3.8) is 0 Å². The van der Waals surface area contributed by atoms with E-state index in [2.05, 4.69) is 0 Å². The molecule has 6 aliphatic carbocycles. The topological polar surface area (TPSA) is 0 Å². The molecule has 0 amide bonds. The minimum atomic E-state index is 0. The molecule has 0 heterocycles. The average Bonchev–Trinajstić information content (AvgIpc) is 1.90.